The second kappa shape index (κ2) is 4.81. The number of pyridine rings is 1. The normalized spacial score (nSPS) is 24.0. The molecule has 98 valence electrons. The third kappa shape index (κ3) is 2.38. The van der Waals surface area contributed by atoms with Crippen molar-refractivity contribution < 1.29 is 15.0 Å². The van der Waals surface area contributed by atoms with Gasteiger partial charge in [-0.1, -0.05) is 6.92 Å². The summed E-state index contributed by atoms with van der Waals surface area (Å²) >= 11 is 0. The summed E-state index contributed by atoms with van der Waals surface area (Å²) in [7, 11) is 0. The van der Waals surface area contributed by atoms with E-state index in [0.29, 0.717) is 18.1 Å². The minimum absolute atomic E-state index is 0.0715. The summed E-state index contributed by atoms with van der Waals surface area (Å²) < 4.78 is 0. The van der Waals surface area contributed by atoms with Crippen molar-refractivity contribution in [3.05, 3.63) is 17.8 Å². The lowest BCUT2D eigenvalue weighted by Gasteiger charge is -2.35. The van der Waals surface area contributed by atoms with Gasteiger partial charge in [0.15, 0.2) is 5.82 Å². The van der Waals surface area contributed by atoms with Crippen LogP contribution >= 0.6 is 0 Å². The summed E-state index contributed by atoms with van der Waals surface area (Å²) in [5.41, 5.74) is 6.22. The molecular formula is C12H17N3O3. The predicted molar refractivity (Wildman–Crippen MR) is 67.6 cm³/mol. The SMILES string of the molecule is CC1CCN(c2ncc(C(=O)O)cc2N)CC1O. The zero-order valence-electron chi connectivity index (χ0n) is 10.2. The van der Waals surface area contributed by atoms with E-state index in [4.69, 9.17) is 10.8 Å². The molecule has 2 rings (SSSR count). The van der Waals surface area contributed by atoms with Gasteiger partial charge in [-0.05, 0) is 18.4 Å². The zero-order chi connectivity index (χ0) is 13.3. The Morgan fingerprint density at radius 1 is 1.61 bits per heavy atom. The molecule has 1 fully saturated rings. The van der Waals surface area contributed by atoms with Gasteiger partial charge < -0.3 is 20.8 Å². The number of nitrogens with two attached hydrogens (primary N) is 1. The number of aromatic nitrogens is 1. The molecule has 18 heavy (non-hydrogen) atoms. The summed E-state index contributed by atoms with van der Waals surface area (Å²) in [6, 6.07) is 1.40. The highest BCUT2D eigenvalue weighted by molar-refractivity contribution is 5.89. The first-order chi connectivity index (χ1) is 8.49. The van der Waals surface area contributed by atoms with Crippen LogP contribution in [0.15, 0.2) is 12.3 Å². The Morgan fingerprint density at radius 2 is 2.33 bits per heavy atom. The molecule has 0 radical (unpaired) electrons. The van der Waals surface area contributed by atoms with E-state index >= 15 is 0 Å². The van der Waals surface area contributed by atoms with Crippen molar-refractivity contribution in [1.82, 2.24) is 4.98 Å². The second-order valence-electron chi connectivity index (χ2n) is 4.72. The van der Waals surface area contributed by atoms with Crippen LogP contribution in [-0.4, -0.2) is 40.4 Å². The van der Waals surface area contributed by atoms with Crippen molar-refractivity contribution >= 4 is 17.5 Å². The molecule has 2 unspecified atom stereocenters. The topological polar surface area (TPSA) is 99.7 Å². The number of rotatable bonds is 2. The number of hydrogen-bond acceptors (Lipinski definition) is 5. The number of nitrogen functional groups attached to an aromatic ring is 1. The van der Waals surface area contributed by atoms with Gasteiger partial charge in [0.1, 0.15) is 0 Å². The standard InChI is InChI=1S/C12H17N3O3/c1-7-2-3-15(6-10(7)16)11-9(13)4-8(5-14-11)12(17)18/h4-5,7,10,16H,2-3,6,13H2,1H3,(H,17,18). The summed E-state index contributed by atoms with van der Waals surface area (Å²) in [6.45, 7) is 3.25. The number of aromatic carboxylic acids is 1. The van der Waals surface area contributed by atoms with Crippen molar-refractivity contribution in [3.8, 4) is 0 Å². The first kappa shape index (κ1) is 12.6. The van der Waals surface area contributed by atoms with Crippen LogP contribution in [0.4, 0.5) is 11.5 Å². The molecule has 0 saturated carbocycles. The third-order valence-corrected chi connectivity index (χ3v) is 3.36. The number of carboxylic acid groups (broad SMARTS) is 1. The number of carboxylic acids is 1. The van der Waals surface area contributed by atoms with Crippen molar-refractivity contribution in [2.24, 2.45) is 5.92 Å². The van der Waals surface area contributed by atoms with Crippen LogP contribution in [0.3, 0.4) is 0 Å². The van der Waals surface area contributed by atoms with Crippen LogP contribution in [0, 0.1) is 5.92 Å². The molecule has 0 bridgehead atoms. The van der Waals surface area contributed by atoms with Crippen molar-refractivity contribution in [1.29, 1.82) is 0 Å². The quantitative estimate of drug-likeness (QED) is 0.710. The van der Waals surface area contributed by atoms with Gasteiger partial charge in [0.2, 0.25) is 0 Å². The average molecular weight is 251 g/mol. The number of nitrogens with zero attached hydrogens (tertiary/aromatic N) is 2. The molecule has 1 saturated heterocycles. The third-order valence-electron chi connectivity index (χ3n) is 3.36. The van der Waals surface area contributed by atoms with E-state index in [9.17, 15) is 9.90 Å². The van der Waals surface area contributed by atoms with Crippen molar-refractivity contribution in [3.63, 3.8) is 0 Å². The molecule has 1 aromatic rings. The molecule has 0 aliphatic carbocycles. The zero-order valence-corrected chi connectivity index (χ0v) is 10.2. The van der Waals surface area contributed by atoms with Gasteiger partial charge in [0, 0.05) is 19.3 Å². The minimum atomic E-state index is -1.05. The Hall–Kier alpha value is -1.82. The number of piperidine rings is 1. The Labute approximate surface area is 105 Å². The van der Waals surface area contributed by atoms with Gasteiger partial charge in [-0.15, -0.1) is 0 Å². The molecule has 1 aromatic heterocycles. The lowest BCUT2D eigenvalue weighted by atomic mass is 9.96. The number of β-amino-alcohol motifs (C(OH)–C–C–N with tert-alkyl or cyclic N) is 1. The van der Waals surface area contributed by atoms with Crippen LogP contribution in [-0.2, 0) is 0 Å². The Morgan fingerprint density at radius 3 is 2.89 bits per heavy atom. The van der Waals surface area contributed by atoms with E-state index in [-0.39, 0.29) is 11.5 Å². The van der Waals surface area contributed by atoms with Gasteiger partial charge in [-0.2, -0.15) is 0 Å². The van der Waals surface area contributed by atoms with Crippen molar-refractivity contribution in [2.75, 3.05) is 23.7 Å². The molecule has 1 aliphatic heterocycles. The van der Waals surface area contributed by atoms with E-state index in [2.05, 4.69) is 4.98 Å². The van der Waals surface area contributed by atoms with Gasteiger partial charge in [0.05, 0.1) is 17.4 Å². The molecule has 2 heterocycles. The van der Waals surface area contributed by atoms with Crippen LogP contribution in [0.25, 0.3) is 0 Å². The number of carbonyl (C=O) groups is 1. The largest absolute Gasteiger partial charge is 0.478 e. The van der Waals surface area contributed by atoms with Crippen molar-refractivity contribution in [2.45, 2.75) is 19.4 Å². The van der Waals surface area contributed by atoms with E-state index in [0.717, 1.165) is 13.0 Å². The highest BCUT2D eigenvalue weighted by Crippen LogP contribution is 2.26. The fourth-order valence-electron chi connectivity index (χ4n) is 2.10. The predicted octanol–water partition coefficient (Wildman–Crippen LogP) is 0.569. The summed E-state index contributed by atoms with van der Waals surface area (Å²) in [4.78, 5) is 16.8. The van der Waals surface area contributed by atoms with E-state index < -0.39 is 12.1 Å². The average Bonchev–Trinajstić information content (AvgIpc) is 2.32. The van der Waals surface area contributed by atoms with Crippen LogP contribution < -0.4 is 10.6 Å². The Kier molecular flexibility index (Phi) is 3.38. The van der Waals surface area contributed by atoms with E-state index in [1.54, 1.807) is 0 Å². The number of hydrogen-bond donors (Lipinski definition) is 3. The molecule has 6 heteroatoms. The maximum absolute atomic E-state index is 10.8. The lowest BCUT2D eigenvalue weighted by Crippen LogP contribution is -2.43. The molecule has 1 aliphatic rings. The maximum Gasteiger partial charge on any atom is 0.337 e. The van der Waals surface area contributed by atoms with E-state index in [1.165, 1.54) is 12.3 Å². The number of aliphatic hydroxyl groups excluding tert-OH is 1. The second-order valence-corrected chi connectivity index (χ2v) is 4.72. The summed E-state index contributed by atoms with van der Waals surface area (Å²) in [5, 5.41) is 18.7. The molecule has 6 nitrogen and oxygen atoms in total. The fraction of sp³-hybridized carbons (Fsp3) is 0.500. The highest BCUT2D eigenvalue weighted by Gasteiger charge is 2.26. The van der Waals surface area contributed by atoms with Gasteiger partial charge in [0.25, 0.3) is 0 Å². The molecule has 4 N–H and O–H groups in total. The van der Waals surface area contributed by atoms with Crippen LogP contribution in [0.2, 0.25) is 0 Å². The number of anilines is 2. The van der Waals surface area contributed by atoms with Gasteiger partial charge in [-0.25, -0.2) is 9.78 Å². The molecule has 0 aromatic carbocycles. The monoisotopic (exact) mass is 251 g/mol. The van der Waals surface area contributed by atoms with Crippen LogP contribution in [0.1, 0.15) is 23.7 Å². The van der Waals surface area contributed by atoms with Crippen LogP contribution in [0.5, 0.6) is 0 Å². The molecule has 0 spiro atoms. The fourth-order valence-corrected chi connectivity index (χ4v) is 2.10. The maximum atomic E-state index is 10.8. The Bertz CT molecular complexity index is 464. The first-order valence-corrected chi connectivity index (χ1v) is 5.91. The summed E-state index contributed by atoms with van der Waals surface area (Å²) in [6.07, 6.45) is 1.75. The van der Waals surface area contributed by atoms with E-state index in [1.807, 2.05) is 11.8 Å². The lowest BCUT2D eigenvalue weighted by molar-refractivity contribution is 0.0696. The summed E-state index contributed by atoms with van der Waals surface area (Å²) in [5.74, 6) is -0.236. The smallest absolute Gasteiger partial charge is 0.337 e. The molecule has 2 atom stereocenters. The van der Waals surface area contributed by atoms with Gasteiger partial charge in [-0.3, -0.25) is 0 Å². The molecular weight excluding hydrogens is 234 g/mol. The molecule has 0 amide bonds. The minimum Gasteiger partial charge on any atom is -0.478 e. The Balaban J connectivity index is 2.21. The van der Waals surface area contributed by atoms with Gasteiger partial charge >= 0.3 is 5.97 Å². The number of aliphatic hydroxyl groups is 1. The first-order valence-electron chi connectivity index (χ1n) is 5.91. The highest BCUT2D eigenvalue weighted by atomic mass is 16.4.